The zero-order valence-electron chi connectivity index (χ0n) is 11.1. The first-order valence-corrected chi connectivity index (χ1v) is 6.37. The van der Waals surface area contributed by atoms with Crippen molar-refractivity contribution >= 4 is 5.71 Å². The summed E-state index contributed by atoms with van der Waals surface area (Å²) in [6.07, 6.45) is 2.76. The fourth-order valence-corrected chi connectivity index (χ4v) is 2.18. The maximum absolute atomic E-state index is 8.98. The normalized spacial score (nSPS) is 24.8. The fourth-order valence-electron chi connectivity index (χ4n) is 2.18. The van der Waals surface area contributed by atoms with Gasteiger partial charge in [0.15, 0.2) is 0 Å². The van der Waals surface area contributed by atoms with Gasteiger partial charge in [0.2, 0.25) is 0 Å². The zero-order chi connectivity index (χ0) is 12.9. The molecule has 1 unspecified atom stereocenters. The zero-order valence-corrected chi connectivity index (χ0v) is 11.1. The van der Waals surface area contributed by atoms with Crippen molar-refractivity contribution in [3.63, 3.8) is 0 Å². The minimum Gasteiger partial charge on any atom is -0.411 e. The summed E-state index contributed by atoms with van der Waals surface area (Å²) >= 11 is 0. The first-order valence-electron chi connectivity index (χ1n) is 6.37. The maximum Gasteiger partial charge on any atom is 0.0684 e. The summed E-state index contributed by atoms with van der Waals surface area (Å²) in [6.45, 7) is 8.94. The van der Waals surface area contributed by atoms with Crippen LogP contribution in [-0.2, 0) is 0 Å². The van der Waals surface area contributed by atoms with E-state index in [0.717, 1.165) is 44.6 Å². The van der Waals surface area contributed by atoms with Crippen LogP contribution in [0.15, 0.2) is 5.16 Å². The third kappa shape index (κ3) is 4.01. The number of piperidine rings is 1. The van der Waals surface area contributed by atoms with Crippen LogP contribution in [0, 0.1) is 22.7 Å². The Hall–Kier alpha value is -1.08. The SMILES string of the molecule is CCC1CN(CCC(C)(C)C#N)CCC1=NO. The Kier molecular flexibility index (Phi) is 4.95. The van der Waals surface area contributed by atoms with Gasteiger partial charge < -0.3 is 10.1 Å². The Labute approximate surface area is 104 Å². The van der Waals surface area contributed by atoms with Gasteiger partial charge in [0.25, 0.3) is 0 Å². The smallest absolute Gasteiger partial charge is 0.0684 e. The molecular weight excluding hydrogens is 214 g/mol. The number of oxime groups is 1. The summed E-state index contributed by atoms with van der Waals surface area (Å²) in [4.78, 5) is 2.38. The molecule has 0 amide bonds. The van der Waals surface area contributed by atoms with Gasteiger partial charge in [0.05, 0.1) is 17.2 Å². The molecule has 4 heteroatoms. The number of likely N-dealkylation sites (tertiary alicyclic amines) is 1. The molecule has 1 aliphatic heterocycles. The van der Waals surface area contributed by atoms with Crippen molar-refractivity contribution in [3.8, 4) is 6.07 Å². The lowest BCUT2D eigenvalue weighted by molar-refractivity contribution is 0.207. The number of rotatable bonds is 4. The minimum atomic E-state index is -0.243. The van der Waals surface area contributed by atoms with Gasteiger partial charge in [-0.3, -0.25) is 0 Å². The molecule has 0 radical (unpaired) electrons. The van der Waals surface area contributed by atoms with E-state index in [1.165, 1.54) is 0 Å². The summed E-state index contributed by atoms with van der Waals surface area (Å²) in [5.74, 6) is 0.374. The Morgan fingerprint density at radius 2 is 2.29 bits per heavy atom. The first-order chi connectivity index (χ1) is 8.02. The van der Waals surface area contributed by atoms with E-state index in [4.69, 9.17) is 10.5 Å². The number of hydrogen-bond donors (Lipinski definition) is 1. The van der Waals surface area contributed by atoms with Crippen LogP contribution in [0.3, 0.4) is 0 Å². The van der Waals surface area contributed by atoms with Gasteiger partial charge in [-0.25, -0.2) is 0 Å². The van der Waals surface area contributed by atoms with Gasteiger partial charge in [-0.15, -0.1) is 0 Å². The van der Waals surface area contributed by atoms with Crippen LogP contribution >= 0.6 is 0 Å². The highest BCUT2D eigenvalue weighted by atomic mass is 16.4. The molecule has 1 N–H and O–H groups in total. The molecule has 0 saturated carbocycles. The van der Waals surface area contributed by atoms with Crippen molar-refractivity contribution in [2.24, 2.45) is 16.5 Å². The second-order valence-corrected chi connectivity index (χ2v) is 5.49. The molecule has 96 valence electrons. The molecule has 1 fully saturated rings. The number of nitrogens with zero attached hydrogens (tertiary/aromatic N) is 3. The van der Waals surface area contributed by atoms with Gasteiger partial charge in [-0.1, -0.05) is 12.1 Å². The average molecular weight is 237 g/mol. The summed E-state index contributed by atoms with van der Waals surface area (Å²) in [6, 6.07) is 2.34. The average Bonchev–Trinajstić information content (AvgIpc) is 2.36. The number of hydrogen-bond acceptors (Lipinski definition) is 4. The highest BCUT2D eigenvalue weighted by Gasteiger charge is 2.26. The molecule has 1 rings (SSSR count). The van der Waals surface area contributed by atoms with Crippen LogP contribution in [0.2, 0.25) is 0 Å². The van der Waals surface area contributed by atoms with Crippen LogP contribution in [0.25, 0.3) is 0 Å². The van der Waals surface area contributed by atoms with E-state index < -0.39 is 0 Å². The van der Waals surface area contributed by atoms with Crippen LogP contribution < -0.4 is 0 Å². The molecule has 0 aromatic carbocycles. The predicted molar refractivity (Wildman–Crippen MR) is 68.1 cm³/mol. The van der Waals surface area contributed by atoms with Crippen LogP contribution in [0.4, 0.5) is 0 Å². The molecule has 1 atom stereocenters. The second kappa shape index (κ2) is 6.02. The van der Waals surface area contributed by atoms with Crippen molar-refractivity contribution in [3.05, 3.63) is 0 Å². The molecule has 4 nitrogen and oxygen atoms in total. The van der Waals surface area contributed by atoms with Crippen molar-refractivity contribution in [1.29, 1.82) is 5.26 Å². The second-order valence-electron chi connectivity index (χ2n) is 5.49. The van der Waals surface area contributed by atoms with Crippen molar-refractivity contribution < 1.29 is 5.21 Å². The van der Waals surface area contributed by atoms with E-state index in [9.17, 15) is 0 Å². The van der Waals surface area contributed by atoms with E-state index >= 15 is 0 Å². The van der Waals surface area contributed by atoms with Gasteiger partial charge in [-0.05, 0) is 33.2 Å². The summed E-state index contributed by atoms with van der Waals surface area (Å²) in [5, 5.41) is 21.3. The fraction of sp³-hybridized carbons (Fsp3) is 0.846. The molecule has 0 aromatic heterocycles. The quantitative estimate of drug-likeness (QED) is 0.603. The van der Waals surface area contributed by atoms with E-state index in [1.807, 2.05) is 13.8 Å². The molecular formula is C13H23N3O. The first kappa shape index (κ1) is 14.0. The molecule has 1 aliphatic rings. The van der Waals surface area contributed by atoms with Crippen molar-refractivity contribution in [2.45, 2.75) is 40.0 Å². The van der Waals surface area contributed by atoms with Gasteiger partial charge in [0, 0.05) is 25.4 Å². The van der Waals surface area contributed by atoms with Gasteiger partial charge >= 0.3 is 0 Å². The van der Waals surface area contributed by atoms with Crippen LogP contribution in [0.1, 0.15) is 40.0 Å². The van der Waals surface area contributed by atoms with Crippen molar-refractivity contribution in [2.75, 3.05) is 19.6 Å². The van der Waals surface area contributed by atoms with E-state index in [1.54, 1.807) is 0 Å². The molecule has 1 heterocycles. The minimum absolute atomic E-state index is 0.243. The molecule has 0 aromatic rings. The molecule has 0 aliphatic carbocycles. The van der Waals surface area contributed by atoms with E-state index in [0.29, 0.717) is 5.92 Å². The largest absolute Gasteiger partial charge is 0.411 e. The third-order valence-corrected chi connectivity index (χ3v) is 3.61. The standard InChI is InChI=1S/C13H23N3O/c1-4-11-9-16(7-5-12(11)15-17)8-6-13(2,3)10-14/h11,17H,4-9H2,1-3H3. The summed E-state index contributed by atoms with van der Waals surface area (Å²) < 4.78 is 0. The molecule has 1 saturated heterocycles. The predicted octanol–water partition coefficient (Wildman–Crippen LogP) is 2.49. The summed E-state index contributed by atoms with van der Waals surface area (Å²) in [7, 11) is 0. The van der Waals surface area contributed by atoms with E-state index in [2.05, 4.69) is 23.0 Å². The Morgan fingerprint density at radius 1 is 1.59 bits per heavy atom. The van der Waals surface area contributed by atoms with E-state index in [-0.39, 0.29) is 5.41 Å². The Morgan fingerprint density at radius 3 is 2.82 bits per heavy atom. The maximum atomic E-state index is 8.98. The lowest BCUT2D eigenvalue weighted by atomic mass is 9.89. The van der Waals surface area contributed by atoms with Gasteiger partial charge in [0.1, 0.15) is 0 Å². The highest BCUT2D eigenvalue weighted by molar-refractivity contribution is 5.87. The molecule has 0 spiro atoms. The Balaban J connectivity index is 2.46. The van der Waals surface area contributed by atoms with Crippen molar-refractivity contribution in [1.82, 2.24) is 4.90 Å². The monoisotopic (exact) mass is 237 g/mol. The molecule has 17 heavy (non-hydrogen) atoms. The third-order valence-electron chi connectivity index (χ3n) is 3.61. The number of nitriles is 1. The van der Waals surface area contributed by atoms with Gasteiger partial charge in [-0.2, -0.15) is 5.26 Å². The highest BCUT2D eigenvalue weighted by Crippen LogP contribution is 2.22. The molecule has 0 bridgehead atoms. The topological polar surface area (TPSA) is 59.6 Å². The van der Waals surface area contributed by atoms with Crippen LogP contribution in [0.5, 0.6) is 0 Å². The lowest BCUT2D eigenvalue weighted by Crippen LogP contribution is -2.41. The lowest BCUT2D eigenvalue weighted by Gasteiger charge is -2.33. The Bertz CT molecular complexity index is 317. The summed E-state index contributed by atoms with van der Waals surface area (Å²) in [5.41, 5.74) is 0.691. The van der Waals surface area contributed by atoms with Crippen LogP contribution in [-0.4, -0.2) is 35.5 Å².